The van der Waals surface area contributed by atoms with E-state index in [0.29, 0.717) is 12.4 Å². The van der Waals surface area contributed by atoms with E-state index in [-0.39, 0.29) is 0 Å². The predicted molar refractivity (Wildman–Crippen MR) is 144 cm³/mol. The van der Waals surface area contributed by atoms with Gasteiger partial charge in [-0.2, -0.15) is 0 Å². The summed E-state index contributed by atoms with van der Waals surface area (Å²) in [7, 11) is 0. The molecule has 0 bridgehead atoms. The SMILES string of the molecule is NC(=O)N(CCCCN1CCCN(C2=COC=C(CC3=CC=CCC3)O2)CC1)c1cc2ccccc2o1. The van der Waals surface area contributed by atoms with E-state index in [1.807, 2.05) is 30.3 Å². The predicted octanol–water partition coefficient (Wildman–Crippen LogP) is 5.46. The van der Waals surface area contributed by atoms with E-state index >= 15 is 0 Å². The fourth-order valence-electron chi connectivity index (χ4n) is 5.04. The topological polar surface area (TPSA) is 84.4 Å². The number of nitrogens with zero attached hydrogens (tertiary/aromatic N) is 3. The van der Waals surface area contributed by atoms with Crippen molar-refractivity contribution in [1.82, 2.24) is 9.80 Å². The Morgan fingerprint density at radius 1 is 1.08 bits per heavy atom. The summed E-state index contributed by atoms with van der Waals surface area (Å²) in [4.78, 5) is 18.4. The molecule has 1 aromatic carbocycles. The maximum atomic E-state index is 12.1. The lowest BCUT2D eigenvalue weighted by atomic mass is 10.0. The maximum absolute atomic E-state index is 12.1. The number of anilines is 1. The molecule has 1 aromatic heterocycles. The van der Waals surface area contributed by atoms with Crippen LogP contribution in [0, 0.1) is 0 Å². The maximum Gasteiger partial charge on any atom is 0.321 e. The molecule has 1 saturated heterocycles. The summed E-state index contributed by atoms with van der Waals surface area (Å²) >= 11 is 0. The zero-order valence-corrected chi connectivity index (χ0v) is 21.3. The van der Waals surface area contributed by atoms with Crippen LogP contribution in [0.2, 0.25) is 0 Å². The van der Waals surface area contributed by atoms with E-state index in [2.05, 4.69) is 28.0 Å². The van der Waals surface area contributed by atoms with Crippen molar-refractivity contribution in [3.63, 3.8) is 0 Å². The molecule has 3 aliphatic rings. The largest absolute Gasteiger partial charge is 0.464 e. The normalized spacial score (nSPS) is 18.4. The number of hydrogen-bond acceptors (Lipinski definition) is 6. The molecule has 1 aliphatic carbocycles. The zero-order valence-electron chi connectivity index (χ0n) is 21.3. The highest BCUT2D eigenvalue weighted by atomic mass is 16.6. The molecular formula is C29H36N4O4. The van der Waals surface area contributed by atoms with Gasteiger partial charge in [-0.05, 0) is 51.3 Å². The molecule has 37 heavy (non-hydrogen) atoms. The van der Waals surface area contributed by atoms with E-state index < -0.39 is 6.03 Å². The first-order chi connectivity index (χ1) is 18.2. The highest BCUT2D eigenvalue weighted by Crippen LogP contribution is 2.27. The first-order valence-electron chi connectivity index (χ1n) is 13.3. The number of urea groups is 1. The van der Waals surface area contributed by atoms with Crippen LogP contribution in [-0.2, 0) is 9.47 Å². The van der Waals surface area contributed by atoms with Gasteiger partial charge in [0.2, 0.25) is 11.8 Å². The molecule has 5 rings (SSSR count). The van der Waals surface area contributed by atoms with Gasteiger partial charge in [0, 0.05) is 44.1 Å². The molecule has 2 N–H and O–H groups in total. The Bertz CT molecular complexity index is 1180. The number of fused-ring (bicyclic) bond motifs is 1. The van der Waals surface area contributed by atoms with Crippen molar-refractivity contribution in [2.75, 3.05) is 44.2 Å². The minimum Gasteiger partial charge on any atom is -0.464 e. The molecule has 0 unspecified atom stereocenters. The summed E-state index contributed by atoms with van der Waals surface area (Å²) in [5.74, 6) is 2.17. The average molecular weight is 505 g/mol. The Balaban J connectivity index is 1.06. The number of para-hydroxylation sites is 1. The summed E-state index contributed by atoms with van der Waals surface area (Å²) in [6.45, 7) is 5.33. The lowest BCUT2D eigenvalue weighted by molar-refractivity contribution is 0.120. The highest BCUT2D eigenvalue weighted by molar-refractivity contribution is 5.92. The van der Waals surface area contributed by atoms with Gasteiger partial charge in [-0.3, -0.25) is 4.90 Å². The van der Waals surface area contributed by atoms with Gasteiger partial charge in [0.15, 0.2) is 6.26 Å². The van der Waals surface area contributed by atoms with E-state index in [4.69, 9.17) is 19.6 Å². The van der Waals surface area contributed by atoms with Crippen molar-refractivity contribution in [3.05, 3.63) is 78.3 Å². The van der Waals surface area contributed by atoms with Crippen LogP contribution in [0.1, 0.15) is 38.5 Å². The summed E-state index contributed by atoms with van der Waals surface area (Å²) < 4.78 is 17.7. The Labute approximate surface area is 218 Å². The Kier molecular flexibility index (Phi) is 8.15. The van der Waals surface area contributed by atoms with E-state index in [9.17, 15) is 4.79 Å². The monoisotopic (exact) mass is 504 g/mol. The molecule has 2 aliphatic heterocycles. The quantitative estimate of drug-likeness (QED) is 0.457. The minimum absolute atomic E-state index is 0.489. The van der Waals surface area contributed by atoms with Gasteiger partial charge in [0.25, 0.3) is 0 Å². The van der Waals surface area contributed by atoms with E-state index in [1.54, 1.807) is 12.5 Å². The van der Waals surface area contributed by atoms with Crippen LogP contribution in [0.5, 0.6) is 0 Å². The number of carbonyl (C=O) groups is 1. The van der Waals surface area contributed by atoms with Crippen LogP contribution in [-0.4, -0.2) is 55.1 Å². The van der Waals surface area contributed by atoms with Crippen molar-refractivity contribution in [3.8, 4) is 0 Å². The number of nitrogens with two attached hydrogens (primary N) is 1. The van der Waals surface area contributed by atoms with Gasteiger partial charge in [-0.1, -0.05) is 42.0 Å². The second-order valence-corrected chi connectivity index (χ2v) is 9.75. The lowest BCUT2D eigenvalue weighted by Crippen LogP contribution is -2.37. The van der Waals surface area contributed by atoms with Crippen molar-refractivity contribution in [2.45, 2.75) is 38.5 Å². The summed E-state index contributed by atoms with van der Waals surface area (Å²) in [5.41, 5.74) is 7.79. The number of rotatable bonds is 9. The number of unbranched alkanes of at least 4 members (excludes halogenated alkanes) is 1. The summed E-state index contributed by atoms with van der Waals surface area (Å²) in [6.07, 6.45) is 15.7. The third-order valence-corrected chi connectivity index (χ3v) is 7.06. The zero-order chi connectivity index (χ0) is 25.5. The molecule has 196 valence electrons. The van der Waals surface area contributed by atoms with Gasteiger partial charge in [0.1, 0.15) is 17.6 Å². The molecule has 2 amide bonds. The van der Waals surface area contributed by atoms with Crippen molar-refractivity contribution >= 4 is 22.9 Å². The molecule has 1 fully saturated rings. The first-order valence-corrected chi connectivity index (χ1v) is 13.3. The van der Waals surface area contributed by atoms with Crippen LogP contribution in [0.15, 0.2) is 82.7 Å². The average Bonchev–Trinajstić information content (AvgIpc) is 3.19. The van der Waals surface area contributed by atoms with Crippen molar-refractivity contribution in [2.24, 2.45) is 5.73 Å². The number of benzene rings is 1. The molecule has 0 saturated carbocycles. The van der Waals surface area contributed by atoms with Crippen molar-refractivity contribution in [1.29, 1.82) is 0 Å². The number of amides is 2. The third kappa shape index (κ3) is 6.57. The number of ether oxygens (including phenoxy) is 2. The highest BCUT2D eigenvalue weighted by Gasteiger charge is 2.22. The van der Waals surface area contributed by atoms with Crippen LogP contribution in [0.4, 0.5) is 10.7 Å². The Hall–Kier alpha value is -3.65. The molecule has 3 heterocycles. The molecule has 2 aromatic rings. The second-order valence-electron chi connectivity index (χ2n) is 9.75. The van der Waals surface area contributed by atoms with Gasteiger partial charge in [-0.15, -0.1) is 0 Å². The van der Waals surface area contributed by atoms with Crippen LogP contribution in [0.3, 0.4) is 0 Å². The molecule has 0 spiro atoms. The van der Waals surface area contributed by atoms with Crippen LogP contribution < -0.4 is 10.6 Å². The standard InChI is InChI=1S/C29H36N4O4/c30-29(34)33(27-20-24-11-4-5-12-26(24)37-27)16-7-6-13-31-14-8-15-32(18-17-31)28-22-35-21-25(36-28)19-23-9-2-1-3-10-23/h1-2,4-5,9,11-12,20-22H,3,6-8,10,13-19H2,(H2,30,34). The number of carbonyl (C=O) groups excluding carboxylic acids is 1. The number of hydrogen-bond donors (Lipinski definition) is 1. The minimum atomic E-state index is -0.489. The smallest absolute Gasteiger partial charge is 0.321 e. The second kappa shape index (κ2) is 12.1. The van der Waals surface area contributed by atoms with E-state index in [0.717, 1.165) is 93.9 Å². The molecule has 8 heteroatoms. The van der Waals surface area contributed by atoms with Gasteiger partial charge < -0.3 is 29.4 Å². The molecular weight excluding hydrogens is 468 g/mol. The summed E-state index contributed by atoms with van der Waals surface area (Å²) in [5, 5.41) is 0.964. The van der Waals surface area contributed by atoms with Crippen LogP contribution in [0.25, 0.3) is 11.0 Å². The number of primary amides is 1. The Morgan fingerprint density at radius 2 is 2.00 bits per heavy atom. The fraction of sp³-hybridized carbons (Fsp3) is 0.414. The fourth-order valence-corrected chi connectivity index (χ4v) is 5.04. The van der Waals surface area contributed by atoms with Crippen molar-refractivity contribution < 1.29 is 18.7 Å². The van der Waals surface area contributed by atoms with Gasteiger partial charge in [0.05, 0.1) is 0 Å². The Morgan fingerprint density at radius 3 is 2.84 bits per heavy atom. The molecule has 0 radical (unpaired) electrons. The number of allylic oxidation sites excluding steroid dienone is 4. The third-order valence-electron chi connectivity index (χ3n) is 7.06. The van der Waals surface area contributed by atoms with Crippen LogP contribution >= 0.6 is 0 Å². The van der Waals surface area contributed by atoms with E-state index in [1.165, 1.54) is 10.5 Å². The lowest BCUT2D eigenvalue weighted by Gasteiger charge is -2.28. The number of furan rings is 1. The van der Waals surface area contributed by atoms with Gasteiger partial charge >= 0.3 is 6.03 Å². The first kappa shape index (κ1) is 25.0. The summed E-state index contributed by atoms with van der Waals surface area (Å²) in [6, 6.07) is 9.11. The van der Waals surface area contributed by atoms with Gasteiger partial charge in [-0.25, -0.2) is 4.79 Å². The molecule has 0 atom stereocenters. The molecule has 8 nitrogen and oxygen atoms in total.